The van der Waals surface area contributed by atoms with E-state index in [2.05, 4.69) is 38.4 Å². The Bertz CT molecular complexity index is 201. The largest absolute Gasteiger partial charge is 0.384 e. The molecule has 0 amide bonds. The lowest BCUT2D eigenvalue weighted by molar-refractivity contribution is 0.567. The fourth-order valence-corrected chi connectivity index (χ4v) is 1.58. The fourth-order valence-electron chi connectivity index (χ4n) is 1.58. The average Bonchev–Trinajstić information content (AvgIpc) is 2.03. The van der Waals surface area contributed by atoms with Crippen LogP contribution < -0.4 is 5.32 Å². The Morgan fingerprint density at radius 3 is 2.75 bits per heavy atom. The van der Waals surface area contributed by atoms with Gasteiger partial charge in [0.05, 0.1) is 0 Å². The summed E-state index contributed by atoms with van der Waals surface area (Å²) < 4.78 is 0. The maximum absolute atomic E-state index is 3.42. The smallest absolute Gasteiger partial charge is 0.0468 e. The second-order valence-electron chi connectivity index (χ2n) is 3.64. The van der Waals surface area contributed by atoms with Crippen molar-refractivity contribution in [2.45, 2.75) is 46.1 Å². The molecule has 0 aromatic carbocycles. The highest BCUT2D eigenvalue weighted by Crippen LogP contribution is 2.15. The third-order valence-electron chi connectivity index (χ3n) is 2.36. The molecule has 1 heteroatoms. The summed E-state index contributed by atoms with van der Waals surface area (Å²) in [6, 6.07) is 0.591. The summed E-state index contributed by atoms with van der Waals surface area (Å²) >= 11 is 0. The number of unbranched alkanes of at least 4 members (excludes halogenated alkanes) is 1. The van der Waals surface area contributed by atoms with E-state index >= 15 is 0 Å². The van der Waals surface area contributed by atoms with Crippen LogP contribution in [0.1, 0.15) is 40.0 Å². The van der Waals surface area contributed by atoms with E-state index in [0.29, 0.717) is 6.04 Å². The minimum absolute atomic E-state index is 0.591. The molecule has 1 rings (SSSR count). The summed E-state index contributed by atoms with van der Waals surface area (Å²) in [4.78, 5) is 0. The van der Waals surface area contributed by atoms with Gasteiger partial charge < -0.3 is 5.32 Å². The topological polar surface area (TPSA) is 12.0 Å². The van der Waals surface area contributed by atoms with Crippen LogP contribution in [-0.4, -0.2) is 6.04 Å². The van der Waals surface area contributed by atoms with Gasteiger partial charge in [0.1, 0.15) is 0 Å². The van der Waals surface area contributed by atoms with Crippen LogP contribution >= 0.6 is 0 Å². The fraction of sp³-hybridized carbons (Fsp3) is 0.636. The molecule has 0 aromatic heterocycles. The minimum Gasteiger partial charge on any atom is -0.384 e. The van der Waals surface area contributed by atoms with Gasteiger partial charge in [-0.3, -0.25) is 0 Å². The number of rotatable bonds is 3. The van der Waals surface area contributed by atoms with Crippen molar-refractivity contribution < 1.29 is 0 Å². The predicted molar refractivity (Wildman–Crippen MR) is 54.0 cm³/mol. The first kappa shape index (κ1) is 9.37. The quantitative estimate of drug-likeness (QED) is 0.678. The van der Waals surface area contributed by atoms with Gasteiger partial charge in [0.15, 0.2) is 0 Å². The summed E-state index contributed by atoms with van der Waals surface area (Å²) in [6.45, 7) is 6.58. The molecule has 0 saturated heterocycles. The monoisotopic (exact) mass is 165 g/mol. The highest BCUT2D eigenvalue weighted by molar-refractivity contribution is 5.28. The molecule has 68 valence electrons. The van der Waals surface area contributed by atoms with Gasteiger partial charge in [0.25, 0.3) is 0 Å². The third-order valence-corrected chi connectivity index (χ3v) is 2.36. The Kier molecular flexibility index (Phi) is 3.39. The molecule has 1 atom stereocenters. The zero-order chi connectivity index (χ0) is 8.97. The molecule has 0 bridgehead atoms. The van der Waals surface area contributed by atoms with E-state index in [1.165, 1.54) is 30.4 Å². The third kappa shape index (κ3) is 2.40. The number of hydrogen-bond acceptors (Lipinski definition) is 1. The first-order valence-corrected chi connectivity index (χ1v) is 4.85. The Morgan fingerprint density at radius 1 is 1.42 bits per heavy atom. The van der Waals surface area contributed by atoms with Crippen molar-refractivity contribution in [3.8, 4) is 0 Å². The van der Waals surface area contributed by atoms with E-state index in [4.69, 9.17) is 0 Å². The predicted octanol–water partition coefficient (Wildman–Crippen LogP) is 3.00. The van der Waals surface area contributed by atoms with Crippen molar-refractivity contribution in [2.24, 2.45) is 0 Å². The molecular weight excluding hydrogens is 146 g/mol. The van der Waals surface area contributed by atoms with Crippen molar-refractivity contribution in [1.29, 1.82) is 0 Å². The summed E-state index contributed by atoms with van der Waals surface area (Å²) in [5.41, 5.74) is 2.81. The maximum atomic E-state index is 3.42. The van der Waals surface area contributed by atoms with E-state index in [-0.39, 0.29) is 0 Å². The molecule has 1 unspecified atom stereocenters. The van der Waals surface area contributed by atoms with Gasteiger partial charge >= 0.3 is 0 Å². The van der Waals surface area contributed by atoms with Gasteiger partial charge in [0.2, 0.25) is 0 Å². The standard InChI is InChI=1S/C11H19N/c1-4-5-6-11-10(3)7-9(2)8-12-11/h7-8,11-12H,4-6H2,1-3H3. The van der Waals surface area contributed by atoms with Crippen LogP contribution in [0.5, 0.6) is 0 Å². The lowest BCUT2D eigenvalue weighted by atomic mass is 9.98. The molecule has 1 heterocycles. The summed E-state index contributed by atoms with van der Waals surface area (Å²) in [6.07, 6.45) is 8.26. The van der Waals surface area contributed by atoms with Crippen molar-refractivity contribution in [3.63, 3.8) is 0 Å². The van der Waals surface area contributed by atoms with Crippen molar-refractivity contribution in [3.05, 3.63) is 23.4 Å². The van der Waals surface area contributed by atoms with Gasteiger partial charge in [0, 0.05) is 6.04 Å². The van der Waals surface area contributed by atoms with Gasteiger partial charge in [-0.05, 0) is 32.0 Å². The Hall–Kier alpha value is -0.720. The van der Waals surface area contributed by atoms with Gasteiger partial charge in [-0.15, -0.1) is 0 Å². The van der Waals surface area contributed by atoms with Crippen LogP contribution in [0.2, 0.25) is 0 Å². The molecular formula is C11H19N. The van der Waals surface area contributed by atoms with Crippen LogP contribution in [0.3, 0.4) is 0 Å². The summed E-state index contributed by atoms with van der Waals surface area (Å²) in [7, 11) is 0. The zero-order valence-electron chi connectivity index (χ0n) is 8.35. The molecule has 0 saturated carbocycles. The van der Waals surface area contributed by atoms with Gasteiger partial charge in [-0.25, -0.2) is 0 Å². The molecule has 0 fully saturated rings. The lowest BCUT2D eigenvalue weighted by Crippen LogP contribution is -2.28. The highest BCUT2D eigenvalue weighted by Gasteiger charge is 2.10. The molecule has 0 radical (unpaired) electrons. The number of hydrogen-bond donors (Lipinski definition) is 1. The normalized spacial score (nSPS) is 22.8. The number of allylic oxidation sites excluding steroid dienone is 2. The zero-order valence-corrected chi connectivity index (χ0v) is 8.35. The minimum atomic E-state index is 0.591. The summed E-state index contributed by atoms with van der Waals surface area (Å²) in [5, 5.41) is 3.42. The maximum Gasteiger partial charge on any atom is 0.0468 e. The first-order chi connectivity index (χ1) is 5.74. The molecule has 0 spiro atoms. The van der Waals surface area contributed by atoms with Crippen molar-refractivity contribution >= 4 is 0 Å². The van der Waals surface area contributed by atoms with E-state index in [0.717, 1.165) is 0 Å². The number of dihydropyridines is 1. The highest BCUT2D eigenvalue weighted by atomic mass is 14.9. The van der Waals surface area contributed by atoms with Crippen LogP contribution in [-0.2, 0) is 0 Å². The second-order valence-corrected chi connectivity index (χ2v) is 3.64. The van der Waals surface area contributed by atoms with E-state index < -0.39 is 0 Å². The molecule has 1 N–H and O–H groups in total. The lowest BCUT2D eigenvalue weighted by Gasteiger charge is -2.22. The van der Waals surface area contributed by atoms with Crippen LogP contribution in [0, 0.1) is 0 Å². The van der Waals surface area contributed by atoms with Crippen molar-refractivity contribution in [1.82, 2.24) is 5.32 Å². The summed E-state index contributed by atoms with van der Waals surface area (Å²) in [5.74, 6) is 0. The molecule has 0 aliphatic carbocycles. The molecule has 1 nitrogen and oxygen atoms in total. The Labute approximate surface area is 75.6 Å². The van der Waals surface area contributed by atoms with Gasteiger partial charge in [-0.2, -0.15) is 0 Å². The average molecular weight is 165 g/mol. The second kappa shape index (κ2) is 4.34. The van der Waals surface area contributed by atoms with Crippen LogP contribution in [0.4, 0.5) is 0 Å². The first-order valence-electron chi connectivity index (χ1n) is 4.85. The molecule has 0 aromatic rings. The molecule has 1 aliphatic rings. The Balaban J connectivity index is 2.44. The van der Waals surface area contributed by atoms with E-state index in [1.54, 1.807) is 0 Å². The molecule has 1 aliphatic heterocycles. The van der Waals surface area contributed by atoms with E-state index in [9.17, 15) is 0 Å². The van der Waals surface area contributed by atoms with Gasteiger partial charge in [-0.1, -0.05) is 31.4 Å². The number of nitrogens with one attached hydrogen (secondary N) is 1. The molecule has 12 heavy (non-hydrogen) atoms. The van der Waals surface area contributed by atoms with Crippen molar-refractivity contribution in [2.75, 3.05) is 0 Å². The van der Waals surface area contributed by atoms with Crippen LogP contribution in [0.25, 0.3) is 0 Å². The van der Waals surface area contributed by atoms with Crippen LogP contribution in [0.15, 0.2) is 23.4 Å². The Morgan fingerprint density at radius 2 is 2.17 bits per heavy atom. The van der Waals surface area contributed by atoms with E-state index in [1.807, 2.05) is 0 Å². The SMILES string of the molecule is CCCCC1NC=C(C)C=C1C.